The van der Waals surface area contributed by atoms with Crippen LogP contribution in [0, 0.1) is 11.8 Å². The Morgan fingerprint density at radius 1 is 1.31 bits per heavy atom. The summed E-state index contributed by atoms with van der Waals surface area (Å²) in [5.41, 5.74) is 0. The Labute approximate surface area is 100 Å². The van der Waals surface area contributed by atoms with Gasteiger partial charge in [-0.1, -0.05) is 19.8 Å². The molecule has 2 N–H and O–H groups in total. The molecule has 1 aliphatic carbocycles. The molecule has 0 heterocycles. The van der Waals surface area contributed by atoms with E-state index in [-0.39, 0.29) is 6.04 Å². The third-order valence-corrected chi connectivity index (χ3v) is 4.13. The van der Waals surface area contributed by atoms with Crippen LogP contribution in [-0.2, 0) is 0 Å². The molecular formula is C13H28N2O. The lowest BCUT2D eigenvalue weighted by molar-refractivity contribution is 0.0421. The summed E-state index contributed by atoms with van der Waals surface area (Å²) in [6.07, 6.45) is 5.04. The van der Waals surface area contributed by atoms with Crippen molar-refractivity contribution >= 4 is 0 Å². The minimum atomic E-state index is -0.424. The molecule has 1 saturated carbocycles. The smallest absolute Gasteiger partial charge is 0.120 e. The van der Waals surface area contributed by atoms with Crippen molar-refractivity contribution < 1.29 is 5.11 Å². The average Bonchev–Trinajstić information content (AvgIpc) is 2.30. The van der Waals surface area contributed by atoms with Gasteiger partial charge < -0.3 is 5.11 Å². The van der Waals surface area contributed by atoms with Crippen LogP contribution in [0.5, 0.6) is 0 Å². The second-order valence-corrected chi connectivity index (χ2v) is 5.54. The number of rotatable bonds is 5. The summed E-state index contributed by atoms with van der Waals surface area (Å²) in [4.78, 5) is 2.28. The number of aliphatic hydroxyl groups excluding tert-OH is 1. The number of nitrogens with zero attached hydrogens (tertiary/aromatic N) is 1. The molecule has 0 amide bonds. The van der Waals surface area contributed by atoms with Gasteiger partial charge in [0.05, 0.1) is 0 Å². The van der Waals surface area contributed by atoms with Gasteiger partial charge in [0.15, 0.2) is 0 Å². The van der Waals surface area contributed by atoms with Crippen LogP contribution in [0.3, 0.4) is 0 Å². The molecule has 16 heavy (non-hydrogen) atoms. The average molecular weight is 228 g/mol. The van der Waals surface area contributed by atoms with Gasteiger partial charge in [0.1, 0.15) is 6.23 Å². The van der Waals surface area contributed by atoms with E-state index in [1.54, 1.807) is 7.05 Å². The minimum absolute atomic E-state index is 0.185. The van der Waals surface area contributed by atoms with Gasteiger partial charge in [-0.25, -0.2) is 0 Å². The maximum Gasteiger partial charge on any atom is 0.120 e. The fourth-order valence-electron chi connectivity index (χ4n) is 2.57. The summed E-state index contributed by atoms with van der Waals surface area (Å²) in [6, 6.07) is 0.185. The lowest BCUT2D eigenvalue weighted by atomic mass is 9.83. The van der Waals surface area contributed by atoms with Gasteiger partial charge in [0.25, 0.3) is 0 Å². The highest BCUT2D eigenvalue weighted by Crippen LogP contribution is 2.28. The van der Waals surface area contributed by atoms with Gasteiger partial charge in [0.2, 0.25) is 0 Å². The zero-order valence-corrected chi connectivity index (χ0v) is 11.2. The molecule has 2 atom stereocenters. The van der Waals surface area contributed by atoms with Gasteiger partial charge in [-0.2, -0.15) is 0 Å². The van der Waals surface area contributed by atoms with Crippen LogP contribution in [0.2, 0.25) is 0 Å². The number of likely N-dealkylation sites (N-methyl/N-ethyl adjacent to an activating group) is 2. The fourth-order valence-corrected chi connectivity index (χ4v) is 2.57. The van der Waals surface area contributed by atoms with Crippen molar-refractivity contribution in [2.45, 2.75) is 51.8 Å². The Hall–Kier alpha value is -0.120. The quantitative estimate of drug-likeness (QED) is 0.703. The Kier molecular flexibility index (Phi) is 5.73. The van der Waals surface area contributed by atoms with E-state index >= 15 is 0 Å². The molecule has 0 saturated heterocycles. The van der Waals surface area contributed by atoms with Crippen molar-refractivity contribution in [3.05, 3.63) is 0 Å². The second kappa shape index (κ2) is 6.58. The molecular weight excluding hydrogens is 200 g/mol. The van der Waals surface area contributed by atoms with Crippen LogP contribution < -0.4 is 5.32 Å². The summed E-state index contributed by atoms with van der Waals surface area (Å²) in [5, 5.41) is 12.6. The molecule has 3 nitrogen and oxygen atoms in total. The molecule has 0 radical (unpaired) electrons. The highest BCUT2D eigenvalue weighted by molar-refractivity contribution is 4.76. The highest BCUT2D eigenvalue weighted by atomic mass is 16.3. The largest absolute Gasteiger partial charge is 0.377 e. The fraction of sp³-hybridized carbons (Fsp3) is 1.00. The third-order valence-electron chi connectivity index (χ3n) is 4.13. The Bertz CT molecular complexity index is 190. The van der Waals surface area contributed by atoms with Crippen LogP contribution in [0.4, 0.5) is 0 Å². The lowest BCUT2D eigenvalue weighted by Crippen LogP contribution is -2.47. The highest BCUT2D eigenvalue weighted by Gasteiger charge is 2.23. The Morgan fingerprint density at radius 3 is 2.38 bits per heavy atom. The Morgan fingerprint density at radius 2 is 1.88 bits per heavy atom. The monoisotopic (exact) mass is 228 g/mol. The predicted molar refractivity (Wildman–Crippen MR) is 68.3 cm³/mol. The van der Waals surface area contributed by atoms with E-state index in [9.17, 15) is 5.11 Å². The molecule has 3 heteroatoms. The van der Waals surface area contributed by atoms with Crippen molar-refractivity contribution in [2.75, 3.05) is 20.6 Å². The minimum Gasteiger partial charge on any atom is -0.377 e. The van der Waals surface area contributed by atoms with Gasteiger partial charge in [0, 0.05) is 12.6 Å². The number of nitrogens with one attached hydrogen (secondary N) is 1. The maximum atomic E-state index is 9.72. The molecule has 0 aromatic rings. The molecule has 0 spiro atoms. The van der Waals surface area contributed by atoms with Crippen molar-refractivity contribution in [3.8, 4) is 0 Å². The first-order valence-corrected chi connectivity index (χ1v) is 6.60. The molecule has 0 bridgehead atoms. The summed E-state index contributed by atoms with van der Waals surface area (Å²) in [5.74, 6) is 1.74. The van der Waals surface area contributed by atoms with Crippen molar-refractivity contribution in [2.24, 2.45) is 11.8 Å². The van der Waals surface area contributed by atoms with E-state index in [0.717, 1.165) is 18.4 Å². The molecule has 0 aromatic heterocycles. The van der Waals surface area contributed by atoms with E-state index in [1.165, 1.54) is 25.7 Å². The van der Waals surface area contributed by atoms with E-state index in [4.69, 9.17) is 0 Å². The molecule has 1 aliphatic rings. The van der Waals surface area contributed by atoms with Crippen LogP contribution >= 0.6 is 0 Å². The van der Waals surface area contributed by atoms with Crippen molar-refractivity contribution in [1.29, 1.82) is 0 Å². The van der Waals surface area contributed by atoms with E-state index < -0.39 is 6.23 Å². The molecule has 1 rings (SSSR count). The molecule has 0 aliphatic heterocycles. The second-order valence-electron chi connectivity index (χ2n) is 5.54. The summed E-state index contributed by atoms with van der Waals surface area (Å²) < 4.78 is 0. The van der Waals surface area contributed by atoms with Crippen LogP contribution in [0.25, 0.3) is 0 Å². The van der Waals surface area contributed by atoms with Crippen LogP contribution in [0.1, 0.15) is 39.5 Å². The standard InChI is InChI=1S/C13H28N2O/c1-10-5-7-12(8-6-10)9-15(4)11(2)13(16)14-3/h10-14,16H,5-9H2,1-4H3. The number of aliphatic hydroxyl groups is 1. The summed E-state index contributed by atoms with van der Waals surface area (Å²) >= 11 is 0. The first-order chi connectivity index (χ1) is 7.54. The van der Waals surface area contributed by atoms with Gasteiger partial charge in [-0.3, -0.25) is 10.2 Å². The first-order valence-electron chi connectivity index (χ1n) is 6.60. The van der Waals surface area contributed by atoms with Crippen LogP contribution in [-0.4, -0.2) is 42.9 Å². The normalized spacial score (nSPS) is 30.4. The van der Waals surface area contributed by atoms with E-state index in [1.807, 2.05) is 0 Å². The van der Waals surface area contributed by atoms with Gasteiger partial charge in [-0.05, 0) is 45.7 Å². The first kappa shape index (κ1) is 13.9. The third kappa shape index (κ3) is 4.04. The van der Waals surface area contributed by atoms with E-state index in [0.29, 0.717) is 0 Å². The van der Waals surface area contributed by atoms with Gasteiger partial charge >= 0.3 is 0 Å². The lowest BCUT2D eigenvalue weighted by Gasteiger charge is -2.34. The zero-order chi connectivity index (χ0) is 12.1. The molecule has 1 fully saturated rings. The SMILES string of the molecule is CNC(O)C(C)N(C)CC1CCC(C)CC1. The molecule has 2 unspecified atom stereocenters. The van der Waals surface area contributed by atoms with Gasteiger partial charge in [-0.15, -0.1) is 0 Å². The Balaban J connectivity index is 2.30. The molecule has 0 aromatic carbocycles. The van der Waals surface area contributed by atoms with Crippen molar-refractivity contribution in [3.63, 3.8) is 0 Å². The topological polar surface area (TPSA) is 35.5 Å². The zero-order valence-electron chi connectivity index (χ0n) is 11.2. The summed E-state index contributed by atoms with van der Waals surface area (Å²) in [6.45, 7) is 5.55. The number of hydrogen-bond donors (Lipinski definition) is 2. The summed E-state index contributed by atoms with van der Waals surface area (Å²) in [7, 11) is 3.92. The van der Waals surface area contributed by atoms with Crippen LogP contribution in [0.15, 0.2) is 0 Å². The molecule has 96 valence electrons. The predicted octanol–water partition coefficient (Wildman–Crippen LogP) is 1.67. The number of hydrogen-bond acceptors (Lipinski definition) is 3. The van der Waals surface area contributed by atoms with Crippen molar-refractivity contribution in [1.82, 2.24) is 10.2 Å². The maximum absolute atomic E-state index is 9.72. The van der Waals surface area contributed by atoms with E-state index in [2.05, 4.69) is 31.1 Å².